The fourth-order valence-corrected chi connectivity index (χ4v) is 9.38. The van der Waals surface area contributed by atoms with E-state index in [0.29, 0.717) is 0 Å². The van der Waals surface area contributed by atoms with Crippen molar-refractivity contribution in [1.29, 1.82) is 0 Å². The van der Waals surface area contributed by atoms with Crippen molar-refractivity contribution in [2.45, 2.75) is 27.7 Å². The molecule has 54 heavy (non-hydrogen) atoms. The molecule has 0 aromatic heterocycles. The van der Waals surface area contributed by atoms with E-state index in [4.69, 9.17) is 0 Å². The molecule has 0 aliphatic rings. The lowest BCUT2D eigenvalue weighted by atomic mass is 9.80. The number of hydrogen-bond acceptors (Lipinski definition) is 0. The summed E-state index contributed by atoms with van der Waals surface area (Å²) >= 11 is 0. The van der Waals surface area contributed by atoms with Crippen LogP contribution in [0.15, 0.2) is 146 Å². The lowest BCUT2D eigenvalue weighted by Crippen LogP contribution is -1.95. The molecule has 0 saturated carbocycles. The molecule has 0 atom stereocenters. The summed E-state index contributed by atoms with van der Waals surface area (Å²) in [6.45, 7) is 8.38. The van der Waals surface area contributed by atoms with Gasteiger partial charge in [-0.05, 0) is 190 Å². The van der Waals surface area contributed by atoms with E-state index >= 15 is 0 Å². The Morgan fingerprint density at radius 2 is 0.722 bits per heavy atom. The van der Waals surface area contributed by atoms with Crippen LogP contribution in [-0.4, -0.2) is 0 Å². The highest BCUT2D eigenvalue weighted by Crippen LogP contribution is 2.52. The molecule has 0 radical (unpaired) electrons. The highest BCUT2D eigenvalue weighted by Gasteiger charge is 2.23. The second-order valence-corrected chi connectivity index (χ2v) is 14.6. The SMILES string of the molecule is CC=Cc1ccc2c(-c3c4ccccc4c4c5c3cccc5c3cc(C=CC)cc5cc6cc(C=CC)ccc6c4c53)c3ccc(C=CC)cc3cc2c1. The Balaban J connectivity index is 1.48. The van der Waals surface area contributed by atoms with Gasteiger partial charge in [0, 0.05) is 0 Å². The van der Waals surface area contributed by atoms with Crippen molar-refractivity contribution in [3.05, 3.63) is 168 Å². The van der Waals surface area contributed by atoms with Crippen LogP contribution in [0.1, 0.15) is 49.9 Å². The minimum absolute atomic E-state index is 1.22. The van der Waals surface area contributed by atoms with Gasteiger partial charge in [-0.2, -0.15) is 0 Å². The molecule has 10 aromatic carbocycles. The molecule has 0 nitrogen and oxygen atoms in total. The van der Waals surface area contributed by atoms with Crippen molar-refractivity contribution >= 4 is 110 Å². The summed E-state index contributed by atoms with van der Waals surface area (Å²) in [6, 6.07) is 46.7. The summed E-state index contributed by atoms with van der Waals surface area (Å²) in [7, 11) is 0. The molecule has 0 aliphatic heterocycles. The van der Waals surface area contributed by atoms with Crippen LogP contribution in [0, 0.1) is 0 Å². The van der Waals surface area contributed by atoms with Crippen LogP contribution >= 0.6 is 0 Å². The van der Waals surface area contributed by atoms with E-state index in [-0.39, 0.29) is 0 Å². The molecule has 0 heterocycles. The van der Waals surface area contributed by atoms with Gasteiger partial charge >= 0.3 is 0 Å². The van der Waals surface area contributed by atoms with Gasteiger partial charge in [0.2, 0.25) is 0 Å². The fourth-order valence-electron chi connectivity index (χ4n) is 9.38. The molecule has 0 heteroatoms. The average molecular weight is 689 g/mol. The molecule has 256 valence electrons. The first-order valence-corrected chi connectivity index (χ1v) is 19.1. The predicted octanol–water partition coefficient (Wildman–Crippen LogP) is 16.1. The third-order valence-corrected chi connectivity index (χ3v) is 11.4. The summed E-state index contributed by atoms with van der Waals surface area (Å²) in [6.07, 6.45) is 17.4. The van der Waals surface area contributed by atoms with E-state index in [1.54, 1.807) is 0 Å². The van der Waals surface area contributed by atoms with Crippen molar-refractivity contribution in [3.8, 4) is 11.1 Å². The Morgan fingerprint density at radius 1 is 0.278 bits per heavy atom. The van der Waals surface area contributed by atoms with Crippen molar-refractivity contribution in [2.75, 3.05) is 0 Å². The second-order valence-electron chi connectivity index (χ2n) is 14.6. The van der Waals surface area contributed by atoms with Gasteiger partial charge in [0.25, 0.3) is 0 Å². The summed E-state index contributed by atoms with van der Waals surface area (Å²) in [5.41, 5.74) is 7.49. The lowest BCUT2D eigenvalue weighted by molar-refractivity contribution is 1.67. The molecule has 0 unspecified atom stereocenters. The zero-order chi connectivity index (χ0) is 36.5. The topological polar surface area (TPSA) is 0 Å². The van der Waals surface area contributed by atoms with E-state index < -0.39 is 0 Å². The molecule has 10 rings (SSSR count). The second kappa shape index (κ2) is 12.6. The Hall–Kier alpha value is -6.50. The number of benzene rings is 10. The van der Waals surface area contributed by atoms with E-state index in [1.165, 1.54) is 120 Å². The predicted molar refractivity (Wildman–Crippen MR) is 242 cm³/mol. The standard InChI is InChI=1S/C54H40/c1-5-12-33-20-23-41-37(26-33)31-38-27-34(13-6-2)21-24-42(38)50(41)51-44-16-9-10-17-45(44)54-52-46(18-11-19-47(51)52)48-30-36(15-8-4)29-40-32-39-28-35(14-7-3)22-25-43(39)53(54)49(40)48/h5-32H,1-4H3. The van der Waals surface area contributed by atoms with Gasteiger partial charge in [-0.1, -0.05) is 127 Å². The Bertz CT molecular complexity index is 3220. The number of hydrogen-bond donors (Lipinski definition) is 0. The summed E-state index contributed by atoms with van der Waals surface area (Å²) in [4.78, 5) is 0. The summed E-state index contributed by atoms with van der Waals surface area (Å²) in [5.74, 6) is 0. The molecule has 0 N–H and O–H groups in total. The van der Waals surface area contributed by atoms with Gasteiger partial charge in [-0.25, -0.2) is 0 Å². The maximum atomic E-state index is 2.41. The van der Waals surface area contributed by atoms with Gasteiger partial charge in [0.1, 0.15) is 0 Å². The number of rotatable bonds is 5. The van der Waals surface area contributed by atoms with Crippen LogP contribution in [0.25, 0.3) is 122 Å². The molecule has 0 aliphatic carbocycles. The highest BCUT2D eigenvalue weighted by atomic mass is 14.3. The zero-order valence-corrected chi connectivity index (χ0v) is 31.2. The van der Waals surface area contributed by atoms with Crippen LogP contribution in [-0.2, 0) is 0 Å². The first kappa shape index (κ1) is 32.2. The quantitative estimate of drug-likeness (QED) is 0.125. The Labute approximate surface area is 316 Å². The molecule has 0 amide bonds. The van der Waals surface area contributed by atoms with E-state index in [0.717, 1.165) is 0 Å². The minimum atomic E-state index is 1.22. The van der Waals surface area contributed by atoms with Crippen molar-refractivity contribution in [1.82, 2.24) is 0 Å². The number of allylic oxidation sites excluding steroid dienone is 4. The van der Waals surface area contributed by atoms with Crippen molar-refractivity contribution in [3.63, 3.8) is 0 Å². The molecule has 0 spiro atoms. The van der Waals surface area contributed by atoms with Gasteiger partial charge in [0.05, 0.1) is 0 Å². The van der Waals surface area contributed by atoms with Crippen LogP contribution < -0.4 is 0 Å². The fraction of sp³-hybridized carbons (Fsp3) is 0.0741. The first-order valence-electron chi connectivity index (χ1n) is 19.1. The van der Waals surface area contributed by atoms with Crippen LogP contribution in [0.2, 0.25) is 0 Å². The van der Waals surface area contributed by atoms with Crippen molar-refractivity contribution < 1.29 is 0 Å². The van der Waals surface area contributed by atoms with Gasteiger partial charge in [-0.15, -0.1) is 0 Å². The molecule has 0 fully saturated rings. The number of fused-ring (bicyclic) bond motifs is 8. The smallest absolute Gasteiger partial charge is 0.000741 e. The van der Waals surface area contributed by atoms with E-state index in [2.05, 4.69) is 198 Å². The maximum Gasteiger partial charge on any atom is -0.000741 e. The molecule has 10 aromatic rings. The van der Waals surface area contributed by atoms with Gasteiger partial charge < -0.3 is 0 Å². The van der Waals surface area contributed by atoms with Crippen molar-refractivity contribution in [2.24, 2.45) is 0 Å². The summed E-state index contributed by atoms with van der Waals surface area (Å²) in [5, 5.41) is 20.8. The molecular weight excluding hydrogens is 649 g/mol. The maximum absolute atomic E-state index is 2.41. The highest BCUT2D eigenvalue weighted by molar-refractivity contribution is 6.45. The normalized spacial score (nSPS) is 12.9. The molecule has 0 saturated heterocycles. The summed E-state index contributed by atoms with van der Waals surface area (Å²) < 4.78 is 0. The molecular formula is C54H40. The lowest BCUT2D eigenvalue weighted by Gasteiger charge is -2.23. The zero-order valence-electron chi connectivity index (χ0n) is 31.2. The largest absolute Gasteiger partial charge is 0.0871 e. The average Bonchev–Trinajstić information content (AvgIpc) is 3.18. The van der Waals surface area contributed by atoms with Crippen LogP contribution in [0.4, 0.5) is 0 Å². The van der Waals surface area contributed by atoms with E-state index in [1.807, 2.05) is 0 Å². The van der Waals surface area contributed by atoms with Gasteiger partial charge in [-0.3, -0.25) is 0 Å². The Morgan fingerprint density at radius 3 is 1.35 bits per heavy atom. The van der Waals surface area contributed by atoms with Crippen LogP contribution in [0.5, 0.6) is 0 Å². The van der Waals surface area contributed by atoms with E-state index in [9.17, 15) is 0 Å². The third kappa shape index (κ3) is 4.77. The van der Waals surface area contributed by atoms with Crippen LogP contribution in [0.3, 0.4) is 0 Å². The monoisotopic (exact) mass is 688 g/mol. The third-order valence-electron chi connectivity index (χ3n) is 11.4. The molecule has 0 bridgehead atoms. The Kier molecular flexibility index (Phi) is 7.49. The minimum Gasteiger partial charge on any atom is -0.0871 e. The first-order chi connectivity index (χ1) is 26.6. The van der Waals surface area contributed by atoms with Gasteiger partial charge in [0.15, 0.2) is 0 Å².